The fourth-order valence-corrected chi connectivity index (χ4v) is 3.93. The fraction of sp³-hybridized carbons (Fsp3) is 0.385. The Kier molecular flexibility index (Phi) is 9.88. The van der Waals surface area contributed by atoms with E-state index >= 15 is 0 Å². The third-order valence-corrected chi connectivity index (χ3v) is 4.41. The predicted molar refractivity (Wildman–Crippen MR) is 57.5 cm³/mol. The minimum atomic E-state index is 0. The van der Waals surface area contributed by atoms with E-state index in [-0.39, 0.29) is 37.2 Å². The molecule has 0 heterocycles. The molecule has 0 saturated carbocycles. The zero-order valence-electron chi connectivity index (χ0n) is 9.96. The first-order valence-corrected chi connectivity index (χ1v) is 6.51. The van der Waals surface area contributed by atoms with Crippen molar-refractivity contribution in [2.45, 2.75) is 26.7 Å². The van der Waals surface area contributed by atoms with E-state index < -0.39 is 0 Å². The van der Waals surface area contributed by atoms with Gasteiger partial charge >= 0.3 is 93.4 Å². The van der Waals surface area contributed by atoms with Gasteiger partial charge in [-0.15, -0.1) is 0 Å². The standard InChI is InChI=1S/C8H11.C5H5.3ClH.V/c1-8(2)6-4-3-5-7-8;1-2-4-5-3-1;;;;/h3-4,6H,7H2,1-2H3;1-3H,4H2;3*1H;/q;;;;;+3/p-3. The summed E-state index contributed by atoms with van der Waals surface area (Å²) in [5.74, 6) is 0. The minimum Gasteiger partial charge on any atom is -1.00 e. The van der Waals surface area contributed by atoms with Crippen LogP contribution in [0, 0.1) is 5.41 Å². The molecule has 0 unspecified atom stereocenters. The van der Waals surface area contributed by atoms with Gasteiger partial charge in [0.1, 0.15) is 0 Å². The van der Waals surface area contributed by atoms with Gasteiger partial charge in [-0.25, -0.2) is 0 Å². The van der Waals surface area contributed by atoms with Crippen LogP contribution in [0.25, 0.3) is 0 Å². The van der Waals surface area contributed by atoms with Crippen molar-refractivity contribution in [2.75, 3.05) is 0 Å². The zero-order chi connectivity index (χ0) is 10.0. The number of hydrogen-bond acceptors (Lipinski definition) is 0. The molecule has 0 aromatic carbocycles. The second-order valence-electron chi connectivity index (χ2n) is 4.58. The maximum Gasteiger partial charge on any atom is -1.00 e. The Morgan fingerprint density at radius 3 is 2.18 bits per heavy atom. The molecule has 0 aromatic heterocycles. The van der Waals surface area contributed by atoms with Crippen molar-refractivity contribution in [3.63, 3.8) is 0 Å². The van der Waals surface area contributed by atoms with Gasteiger partial charge in [0.15, 0.2) is 0 Å². The topological polar surface area (TPSA) is 0 Å². The molecule has 0 radical (unpaired) electrons. The molecule has 0 bridgehead atoms. The van der Waals surface area contributed by atoms with Crippen molar-refractivity contribution in [3.8, 4) is 0 Å². The molecule has 2 aliphatic rings. The largest absolute Gasteiger partial charge is 1.00 e. The maximum atomic E-state index is 2.32. The maximum absolute atomic E-state index is 2.32. The summed E-state index contributed by atoms with van der Waals surface area (Å²) in [5.41, 5.74) is 0.381. The summed E-state index contributed by atoms with van der Waals surface area (Å²) in [4.78, 5) is 0. The average Bonchev–Trinajstić information content (AvgIpc) is 2.54. The van der Waals surface area contributed by atoms with Crippen LogP contribution in [0.2, 0.25) is 0 Å². The van der Waals surface area contributed by atoms with Gasteiger partial charge in [-0.05, 0) is 0 Å². The molecular weight excluding hydrogens is 313 g/mol. The Hall–Kier alpha value is 0.414. The Morgan fingerprint density at radius 1 is 1.00 bits per heavy atom. The van der Waals surface area contributed by atoms with Crippen molar-refractivity contribution in [1.82, 2.24) is 0 Å². The van der Waals surface area contributed by atoms with Crippen molar-refractivity contribution < 1.29 is 53.5 Å². The Bertz CT molecular complexity index is 352. The number of halogens is 3. The predicted octanol–water partition coefficient (Wildman–Crippen LogP) is -5.21. The van der Waals surface area contributed by atoms with E-state index in [1.54, 1.807) is 8.57 Å². The molecule has 2 rings (SSSR count). The molecule has 0 atom stereocenters. The zero-order valence-corrected chi connectivity index (χ0v) is 13.6. The molecule has 4 heteroatoms. The van der Waals surface area contributed by atoms with Crippen LogP contribution in [0.15, 0.2) is 45.0 Å². The molecule has 17 heavy (non-hydrogen) atoms. The van der Waals surface area contributed by atoms with Crippen molar-refractivity contribution >= 4 is 0 Å². The molecule has 0 N–H and O–H groups in total. The molecule has 0 spiro atoms. The minimum absolute atomic E-state index is 0. The van der Waals surface area contributed by atoms with Crippen LogP contribution < -0.4 is 37.2 Å². The van der Waals surface area contributed by atoms with Gasteiger partial charge in [-0.1, -0.05) is 0 Å². The third-order valence-electron chi connectivity index (χ3n) is 2.51. The number of hydrogen-bond donors (Lipinski definition) is 0. The summed E-state index contributed by atoms with van der Waals surface area (Å²) in [7, 11) is 0. The molecule has 94 valence electrons. The van der Waals surface area contributed by atoms with Crippen LogP contribution in [0.1, 0.15) is 26.7 Å². The Labute approximate surface area is 130 Å². The first-order valence-electron chi connectivity index (χ1n) is 5.12. The monoisotopic (exact) mass is 328 g/mol. The normalized spacial score (nSPS) is 18.9. The third kappa shape index (κ3) is 6.22. The Morgan fingerprint density at radius 2 is 1.65 bits per heavy atom. The van der Waals surface area contributed by atoms with Crippen LogP contribution in [-0.2, 0) is 16.3 Å². The van der Waals surface area contributed by atoms with Crippen LogP contribution in [0.3, 0.4) is 0 Å². The van der Waals surface area contributed by atoms with Crippen molar-refractivity contribution in [3.05, 3.63) is 45.0 Å². The second-order valence-corrected chi connectivity index (χ2v) is 6.73. The summed E-state index contributed by atoms with van der Waals surface area (Å²) in [6, 6.07) is 0. The van der Waals surface area contributed by atoms with Crippen molar-refractivity contribution in [1.29, 1.82) is 0 Å². The van der Waals surface area contributed by atoms with Crippen LogP contribution in [-0.4, -0.2) is 0 Å². The molecule has 0 saturated heterocycles. The fourth-order valence-electron chi connectivity index (χ4n) is 1.78. The van der Waals surface area contributed by atoms with E-state index in [9.17, 15) is 0 Å². The van der Waals surface area contributed by atoms with Gasteiger partial charge in [0.2, 0.25) is 0 Å². The van der Waals surface area contributed by atoms with Crippen LogP contribution >= 0.6 is 0 Å². The summed E-state index contributed by atoms with van der Waals surface area (Å²) >= 11 is 0.300. The first kappa shape index (κ1) is 19.7. The molecule has 0 amide bonds. The summed E-state index contributed by atoms with van der Waals surface area (Å²) in [6.45, 7) is 4.64. The van der Waals surface area contributed by atoms with Gasteiger partial charge in [0.05, 0.1) is 0 Å². The van der Waals surface area contributed by atoms with E-state index in [4.69, 9.17) is 0 Å². The van der Waals surface area contributed by atoms with Gasteiger partial charge in [-0.2, -0.15) is 0 Å². The van der Waals surface area contributed by atoms with E-state index in [2.05, 4.69) is 50.3 Å². The molecule has 0 aliphatic heterocycles. The molecule has 0 aromatic rings. The van der Waals surface area contributed by atoms with E-state index in [1.807, 2.05) is 0 Å². The average molecular weight is 330 g/mol. The smallest absolute Gasteiger partial charge is 1.00 e. The first-order chi connectivity index (χ1) is 6.66. The number of rotatable bonds is 2. The summed E-state index contributed by atoms with van der Waals surface area (Å²) < 4.78 is 3.32. The van der Waals surface area contributed by atoms with Gasteiger partial charge < -0.3 is 37.2 Å². The van der Waals surface area contributed by atoms with Gasteiger partial charge in [0.25, 0.3) is 0 Å². The summed E-state index contributed by atoms with van der Waals surface area (Å²) in [5, 5.41) is 0. The van der Waals surface area contributed by atoms with Gasteiger partial charge in [0, 0.05) is 0 Å². The van der Waals surface area contributed by atoms with Gasteiger partial charge in [-0.3, -0.25) is 0 Å². The summed E-state index contributed by atoms with van der Waals surface area (Å²) in [6.07, 6.45) is 16.1. The second kappa shape index (κ2) is 8.50. The molecular formula is C13H16Cl3V. The van der Waals surface area contributed by atoms with E-state index in [0.29, 0.717) is 21.7 Å². The quantitative estimate of drug-likeness (QED) is 0.475. The molecule has 0 nitrogen and oxygen atoms in total. The van der Waals surface area contributed by atoms with E-state index in [0.717, 1.165) is 0 Å². The van der Waals surface area contributed by atoms with E-state index in [1.165, 1.54) is 12.8 Å². The van der Waals surface area contributed by atoms with Crippen LogP contribution in [0.5, 0.6) is 0 Å². The SMILES string of the molecule is CC1(C)C=CC=[C]([V+3][C]2=CC=CC2)C1.[Cl-].[Cl-].[Cl-]. The molecule has 0 fully saturated rings. The molecule has 2 aliphatic carbocycles. The Balaban J connectivity index is 0. The van der Waals surface area contributed by atoms with Crippen molar-refractivity contribution in [2.24, 2.45) is 5.41 Å². The van der Waals surface area contributed by atoms with Crippen LogP contribution in [0.4, 0.5) is 0 Å². The number of allylic oxidation sites excluding steroid dienone is 8.